The van der Waals surface area contributed by atoms with Crippen molar-refractivity contribution in [1.29, 1.82) is 0 Å². The Morgan fingerprint density at radius 1 is 1.13 bits per heavy atom. The zero-order valence-corrected chi connectivity index (χ0v) is 16.8. The fourth-order valence-corrected chi connectivity index (χ4v) is 2.96. The van der Waals surface area contributed by atoms with Crippen LogP contribution in [0.2, 0.25) is 0 Å². The molecule has 156 valence electrons. The Bertz CT molecular complexity index is 1160. The number of rotatable bonds is 7. The van der Waals surface area contributed by atoms with E-state index < -0.39 is 18.0 Å². The molecule has 1 amide bonds. The zero-order valence-electron chi connectivity index (χ0n) is 16.8. The molecule has 4 aromatic rings. The molecule has 1 atom stereocenters. The van der Waals surface area contributed by atoms with E-state index in [4.69, 9.17) is 9.15 Å². The number of para-hydroxylation sites is 1. The largest absolute Gasteiger partial charge is 0.467 e. The molecule has 0 saturated carbocycles. The summed E-state index contributed by atoms with van der Waals surface area (Å²) in [6, 6.07) is 16.4. The van der Waals surface area contributed by atoms with Crippen molar-refractivity contribution in [3.05, 3.63) is 90.8 Å². The number of benzene rings is 1. The third-order valence-electron chi connectivity index (χ3n) is 4.56. The summed E-state index contributed by atoms with van der Waals surface area (Å²) in [4.78, 5) is 29.4. The van der Waals surface area contributed by atoms with Gasteiger partial charge in [0, 0.05) is 24.2 Å². The van der Waals surface area contributed by atoms with Crippen LogP contribution in [0.4, 0.5) is 0 Å². The quantitative estimate of drug-likeness (QED) is 0.464. The van der Waals surface area contributed by atoms with Crippen LogP contribution in [0, 0.1) is 0 Å². The minimum Gasteiger partial charge on any atom is -0.467 e. The predicted molar refractivity (Wildman–Crippen MR) is 112 cm³/mol. The average molecular weight is 416 g/mol. The number of carbonyl (C=O) groups is 2. The van der Waals surface area contributed by atoms with Crippen LogP contribution >= 0.6 is 0 Å². The molecule has 0 spiro atoms. The first-order chi connectivity index (χ1) is 15.1. The molecule has 8 heteroatoms. The molecule has 3 aromatic heterocycles. The third kappa shape index (κ3) is 4.69. The summed E-state index contributed by atoms with van der Waals surface area (Å²) in [5.41, 5.74) is 2.11. The molecule has 0 aliphatic rings. The summed E-state index contributed by atoms with van der Waals surface area (Å²) >= 11 is 0. The molecule has 3 heterocycles. The lowest BCUT2D eigenvalue weighted by atomic mass is 10.1. The Hall–Kier alpha value is -4.20. The molecule has 0 radical (unpaired) electrons. The number of carbonyl (C=O) groups excluding carboxylic acids is 2. The van der Waals surface area contributed by atoms with Crippen molar-refractivity contribution in [3.8, 4) is 16.9 Å². The molecule has 4 rings (SSSR count). The summed E-state index contributed by atoms with van der Waals surface area (Å²) in [7, 11) is 0. The van der Waals surface area contributed by atoms with Gasteiger partial charge in [0.05, 0.1) is 18.5 Å². The van der Waals surface area contributed by atoms with Crippen LogP contribution in [0.15, 0.2) is 83.9 Å². The lowest BCUT2D eigenvalue weighted by molar-refractivity contribution is -0.129. The Kier molecular flexibility index (Phi) is 5.89. The maximum Gasteiger partial charge on any atom is 0.342 e. The number of furan rings is 1. The van der Waals surface area contributed by atoms with Crippen molar-refractivity contribution in [2.24, 2.45) is 0 Å². The number of hydrogen-bond acceptors (Lipinski definition) is 6. The molecule has 1 N–H and O–H groups in total. The maximum absolute atomic E-state index is 12.9. The van der Waals surface area contributed by atoms with Crippen molar-refractivity contribution >= 4 is 11.9 Å². The van der Waals surface area contributed by atoms with Gasteiger partial charge in [0.15, 0.2) is 6.10 Å². The molecule has 0 aliphatic heterocycles. The highest BCUT2D eigenvalue weighted by Gasteiger charge is 2.24. The molecule has 1 aromatic carbocycles. The summed E-state index contributed by atoms with van der Waals surface area (Å²) in [5.74, 6) is -0.473. The minimum atomic E-state index is -0.996. The fraction of sp³-hybridized carbons (Fsp3) is 0.130. The van der Waals surface area contributed by atoms with Crippen LogP contribution in [0.1, 0.15) is 23.0 Å². The topological polar surface area (TPSA) is 99.3 Å². The monoisotopic (exact) mass is 416 g/mol. The molecule has 0 saturated heterocycles. The van der Waals surface area contributed by atoms with Crippen LogP contribution in [-0.4, -0.2) is 32.7 Å². The van der Waals surface area contributed by atoms with Crippen LogP contribution in [-0.2, 0) is 16.1 Å². The molecule has 0 bridgehead atoms. The number of hydrogen-bond donors (Lipinski definition) is 1. The highest BCUT2D eigenvalue weighted by Crippen LogP contribution is 2.24. The Morgan fingerprint density at radius 3 is 2.68 bits per heavy atom. The van der Waals surface area contributed by atoms with E-state index in [2.05, 4.69) is 15.4 Å². The van der Waals surface area contributed by atoms with E-state index >= 15 is 0 Å². The number of aromatic nitrogens is 3. The average Bonchev–Trinajstić information content (AvgIpc) is 3.49. The van der Waals surface area contributed by atoms with Crippen molar-refractivity contribution < 1.29 is 18.7 Å². The van der Waals surface area contributed by atoms with E-state index in [9.17, 15) is 9.59 Å². The lowest BCUT2D eigenvalue weighted by Crippen LogP contribution is -2.35. The van der Waals surface area contributed by atoms with Gasteiger partial charge in [0.1, 0.15) is 17.0 Å². The van der Waals surface area contributed by atoms with Crippen LogP contribution in [0.25, 0.3) is 16.9 Å². The normalized spacial score (nSPS) is 11.6. The smallest absolute Gasteiger partial charge is 0.342 e. The standard InChI is InChI=1S/C23H20N4O4/c1-16(22(28)25-14-19-10-6-12-30-19)31-23(29)20-15-27(18-8-3-2-4-9-18)26-21(20)17-7-5-11-24-13-17/h2-13,15-16H,14H2,1H3,(H,25,28). The molecule has 8 nitrogen and oxygen atoms in total. The van der Waals surface area contributed by atoms with Gasteiger partial charge >= 0.3 is 5.97 Å². The van der Waals surface area contributed by atoms with Crippen molar-refractivity contribution in [1.82, 2.24) is 20.1 Å². The first kappa shape index (κ1) is 20.1. The van der Waals surface area contributed by atoms with E-state index in [-0.39, 0.29) is 12.1 Å². The highest BCUT2D eigenvalue weighted by molar-refractivity contribution is 5.97. The predicted octanol–water partition coefficient (Wildman–Crippen LogP) is 3.39. The second kappa shape index (κ2) is 9.08. The number of amides is 1. The van der Waals surface area contributed by atoms with Crippen molar-refractivity contribution in [2.45, 2.75) is 19.6 Å². The van der Waals surface area contributed by atoms with Gasteiger partial charge in [-0.3, -0.25) is 9.78 Å². The van der Waals surface area contributed by atoms with Crippen molar-refractivity contribution in [3.63, 3.8) is 0 Å². The molecular weight excluding hydrogens is 396 g/mol. The van der Waals surface area contributed by atoms with E-state index in [1.165, 1.54) is 13.2 Å². The van der Waals surface area contributed by atoms with Gasteiger partial charge in [0.2, 0.25) is 0 Å². The first-order valence-corrected chi connectivity index (χ1v) is 9.68. The number of nitrogens with zero attached hydrogens (tertiary/aromatic N) is 3. The lowest BCUT2D eigenvalue weighted by Gasteiger charge is -2.13. The molecule has 0 aliphatic carbocycles. The SMILES string of the molecule is CC(OC(=O)c1cn(-c2ccccc2)nc1-c1cccnc1)C(=O)NCc1ccco1. The van der Waals surface area contributed by atoms with Gasteiger partial charge < -0.3 is 14.5 Å². The third-order valence-corrected chi connectivity index (χ3v) is 4.56. The van der Waals surface area contributed by atoms with E-state index in [1.54, 1.807) is 47.5 Å². The highest BCUT2D eigenvalue weighted by atomic mass is 16.5. The Balaban J connectivity index is 1.55. The number of esters is 1. The van der Waals surface area contributed by atoms with Crippen LogP contribution in [0.5, 0.6) is 0 Å². The van der Waals surface area contributed by atoms with Gasteiger partial charge in [-0.1, -0.05) is 18.2 Å². The summed E-state index contributed by atoms with van der Waals surface area (Å²) in [6.07, 6.45) is 5.38. The number of ether oxygens (including phenoxy) is 1. The van der Waals surface area contributed by atoms with Crippen LogP contribution < -0.4 is 5.32 Å². The van der Waals surface area contributed by atoms with E-state index in [0.717, 1.165) is 5.69 Å². The summed E-state index contributed by atoms with van der Waals surface area (Å²) in [5, 5.41) is 7.24. The molecule has 1 unspecified atom stereocenters. The van der Waals surface area contributed by atoms with Gasteiger partial charge in [-0.05, 0) is 43.3 Å². The van der Waals surface area contributed by atoms with E-state index in [0.29, 0.717) is 17.0 Å². The van der Waals surface area contributed by atoms with Gasteiger partial charge in [-0.25, -0.2) is 9.48 Å². The second-order valence-corrected chi connectivity index (χ2v) is 6.76. The van der Waals surface area contributed by atoms with Gasteiger partial charge in [0.25, 0.3) is 5.91 Å². The molecular formula is C23H20N4O4. The van der Waals surface area contributed by atoms with Gasteiger partial charge in [-0.15, -0.1) is 0 Å². The molecule has 0 fully saturated rings. The second-order valence-electron chi connectivity index (χ2n) is 6.76. The number of pyridine rings is 1. The Labute approximate surface area is 178 Å². The number of nitrogens with one attached hydrogen (secondary N) is 1. The molecule has 31 heavy (non-hydrogen) atoms. The van der Waals surface area contributed by atoms with E-state index in [1.807, 2.05) is 30.3 Å². The first-order valence-electron chi connectivity index (χ1n) is 9.68. The van der Waals surface area contributed by atoms with Gasteiger partial charge in [-0.2, -0.15) is 5.10 Å². The minimum absolute atomic E-state index is 0.209. The zero-order chi connectivity index (χ0) is 21.6. The fourth-order valence-electron chi connectivity index (χ4n) is 2.96. The van der Waals surface area contributed by atoms with Crippen LogP contribution in [0.3, 0.4) is 0 Å². The Morgan fingerprint density at radius 2 is 1.97 bits per heavy atom. The maximum atomic E-state index is 12.9. The summed E-state index contributed by atoms with van der Waals surface area (Å²) < 4.78 is 12.2. The van der Waals surface area contributed by atoms with Crippen molar-refractivity contribution in [2.75, 3.05) is 0 Å². The summed E-state index contributed by atoms with van der Waals surface area (Å²) in [6.45, 7) is 1.72.